The highest BCUT2D eigenvalue weighted by molar-refractivity contribution is 5.29. The molecule has 2 unspecified atom stereocenters. The average Bonchev–Trinajstić information content (AvgIpc) is 2.87. The minimum absolute atomic E-state index is 0.234. The Labute approximate surface area is 116 Å². The Balaban J connectivity index is 1.97. The fraction of sp³-hybridized carbons (Fsp3) is 0.625. The third kappa shape index (κ3) is 3.71. The second-order valence-corrected chi connectivity index (χ2v) is 5.68. The number of nitrogens with zero attached hydrogens (tertiary/aromatic N) is 1. The van der Waals surface area contributed by atoms with Crippen molar-refractivity contribution in [3.63, 3.8) is 0 Å². The topological polar surface area (TPSA) is 24.5 Å². The summed E-state index contributed by atoms with van der Waals surface area (Å²) in [6.07, 6.45) is 1.48. The van der Waals surface area contributed by atoms with Crippen LogP contribution in [0.15, 0.2) is 24.3 Å². The van der Waals surface area contributed by atoms with E-state index in [4.69, 9.17) is 4.74 Å². The van der Waals surface area contributed by atoms with Gasteiger partial charge in [0.2, 0.25) is 0 Å². The van der Waals surface area contributed by atoms with Gasteiger partial charge in [0.25, 0.3) is 0 Å². The van der Waals surface area contributed by atoms with Gasteiger partial charge in [-0.2, -0.15) is 0 Å². The van der Waals surface area contributed by atoms with Crippen LogP contribution >= 0.6 is 0 Å². The SMILES string of the molecule is CNC1CCN(C(C)c2ccc(OC(C)C)cc2)C1. The molecule has 19 heavy (non-hydrogen) atoms. The van der Waals surface area contributed by atoms with Gasteiger partial charge in [0.15, 0.2) is 0 Å². The van der Waals surface area contributed by atoms with Crippen LogP contribution in [0.3, 0.4) is 0 Å². The molecule has 1 aliphatic rings. The number of hydrogen-bond acceptors (Lipinski definition) is 3. The van der Waals surface area contributed by atoms with Gasteiger partial charge in [0.05, 0.1) is 6.10 Å². The highest BCUT2D eigenvalue weighted by atomic mass is 16.5. The van der Waals surface area contributed by atoms with Crippen LogP contribution in [0, 0.1) is 0 Å². The Morgan fingerprint density at radius 3 is 2.42 bits per heavy atom. The maximum atomic E-state index is 5.69. The summed E-state index contributed by atoms with van der Waals surface area (Å²) in [5.41, 5.74) is 1.37. The maximum Gasteiger partial charge on any atom is 0.119 e. The van der Waals surface area contributed by atoms with Gasteiger partial charge in [-0.05, 0) is 51.9 Å². The van der Waals surface area contributed by atoms with Crippen molar-refractivity contribution in [3.8, 4) is 5.75 Å². The van der Waals surface area contributed by atoms with Crippen molar-refractivity contribution >= 4 is 0 Å². The quantitative estimate of drug-likeness (QED) is 0.883. The smallest absolute Gasteiger partial charge is 0.119 e. The minimum Gasteiger partial charge on any atom is -0.491 e. The van der Waals surface area contributed by atoms with Gasteiger partial charge in [-0.3, -0.25) is 4.90 Å². The Hall–Kier alpha value is -1.06. The molecule has 0 aromatic heterocycles. The first-order valence-electron chi connectivity index (χ1n) is 7.28. The normalized spacial score (nSPS) is 21.8. The molecule has 0 amide bonds. The standard InChI is InChI=1S/C16H26N2O/c1-12(2)19-16-7-5-14(6-8-16)13(3)18-10-9-15(11-18)17-4/h5-8,12-13,15,17H,9-11H2,1-4H3. The van der Waals surface area contributed by atoms with E-state index in [2.05, 4.69) is 62.3 Å². The van der Waals surface area contributed by atoms with E-state index in [1.165, 1.54) is 18.5 Å². The van der Waals surface area contributed by atoms with Gasteiger partial charge < -0.3 is 10.1 Å². The monoisotopic (exact) mass is 262 g/mol. The van der Waals surface area contributed by atoms with Crippen LogP contribution in [0.2, 0.25) is 0 Å². The van der Waals surface area contributed by atoms with E-state index in [9.17, 15) is 0 Å². The van der Waals surface area contributed by atoms with Crippen molar-refractivity contribution in [2.75, 3.05) is 20.1 Å². The second kappa shape index (κ2) is 6.40. The molecule has 1 aliphatic heterocycles. The summed E-state index contributed by atoms with van der Waals surface area (Å²) in [7, 11) is 2.05. The highest BCUT2D eigenvalue weighted by Gasteiger charge is 2.25. The lowest BCUT2D eigenvalue weighted by Gasteiger charge is -2.25. The molecule has 0 radical (unpaired) electrons. The molecule has 106 valence electrons. The lowest BCUT2D eigenvalue weighted by Crippen LogP contribution is -2.31. The Kier molecular flexibility index (Phi) is 4.83. The molecular weight excluding hydrogens is 236 g/mol. The van der Waals surface area contributed by atoms with Crippen molar-refractivity contribution in [1.82, 2.24) is 10.2 Å². The van der Waals surface area contributed by atoms with E-state index < -0.39 is 0 Å². The average molecular weight is 262 g/mol. The zero-order chi connectivity index (χ0) is 13.8. The van der Waals surface area contributed by atoms with Crippen molar-refractivity contribution in [2.24, 2.45) is 0 Å². The van der Waals surface area contributed by atoms with Gasteiger partial charge in [-0.1, -0.05) is 12.1 Å². The van der Waals surface area contributed by atoms with Crippen LogP contribution in [0.1, 0.15) is 38.8 Å². The van der Waals surface area contributed by atoms with Crippen molar-refractivity contribution in [1.29, 1.82) is 0 Å². The molecule has 1 aromatic carbocycles. The van der Waals surface area contributed by atoms with Gasteiger partial charge in [-0.25, -0.2) is 0 Å². The molecule has 3 nitrogen and oxygen atoms in total. The first-order valence-corrected chi connectivity index (χ1v) is 7.28. The van der Waals surface area contributed by atoms with Crippen LogP contribution in [0.25, 0.3) is 0 Å². The van der Waals surface area contributed by atoms with Crippen LogP contribution < -0.4 is 10.1 Å². The summed E-state index contributed by atoms with van der Waals surface area (Å²) in [6.45, 7) is 8.71. The minimum atomic E-state index is 0.234. The van der Waals surface area contributed by atoms with Crippen LogP contribution in [-0.2, 0) is 0 Å². The van der Waals surface area contributed by atoms with Gasteiger partial charge in [-0.15, -0.1) is 0 Å². The largest absolute Gasteiger partial charge is 0.491 e. The van der Waals surface area contributed by atoms with E-state index in [0.717, 1.165) is 12.3 Å². The third-order valence-corrected chi connectivity index (χ3v) is 3.91. The molecule has 0 aliphatic carbocycles. The van der Waals surface area contributed by atoms with E-state index in [-0.39, 0.29) is 6.10 Å². The van der Waals surface area contributed by atoms with Crippen LogP contribution in [-0.4, -0.2) is 37.2 Å². The first kappa shape index (κ1) is 14.4. The molecule has 1 fully saturated rings. The van der Waals surface area contributed by atoms with Crippen LogP contribution in [0.5, 0.6) is 5.75 Å². The predicted molar refractivity (Wildman–Crippen MR) is 79.7 cm³/mol. The van der Waals surface area contributed by atoms with Gasteiger partial charge >= 0.3 is 0 Å². The van der Waals surface area contributed by atoms with E-state index in [1.54, 1.807) is 0 Å². The molecule has 1 aromatic rings. The van der Waals surface area contributed by atoms with Crippen molar-refractivity contribution < 1.29 is 4.74 Å². The number of benzene rings is 1. The molecule has 0 spiro atoms. The second-order valence-electron chi connectivity index (χ2n) is 5.68. The fourth-order valence-electron chi connectivity index (χ4n) is 2.68. The molecule has 3 heteroatoms. The number of likely N-dealkylation sites (N-methyl/N-ethyl adjacent to an activating group) is 1. The summed E-state index contributed by atoms with van der Waals surface area (Å²) < 4.78 is 5.69. The van der Waals surface area contributed by atoms with E-state index in [0.29, 0.717) is 12.1 Å². The van der Waals surface area contributed by atoms with Crippen LogP contribution in [0.4, 0.5) is 0 Å². The summed E-state index contributed by atoms with van der Waals surface area (Å²) in [5, 5.41) is 3.37. The number of rotatable bonds is 5. The summed E-state index contributed by atoms with van der Waals surface area (Å²) in [6, 6.07) is 9.66. The lowest BCUT2D eigenvalue weighted by molar-refractivity contribution is 0.241. The lowest BCUT2D eigenvalue weighted by atomic mass is 10.1. The third-order valence-electron chi connectivity index (χ3n) is 3.91. The number of nitrogens with one attached hydrogen (secondary N) is 1. The molecule has 1 saturated heterocycles. The predicted octanol–water partition coefficient (Wildman–Crippen LogP) is 2.83. The summed E-state index contributed by atoms with van der Waals surface area (Å²) >= 11 is 0. The maximum absolute atomic E-state index is 5.69. The number of ether oxygens (including phenoxy) is 1. The van der Waals surface area contributed by atoms with E-state index >= 15 is 0 Å². The molecule has 0 saturated carbocycles. The highest BCUT2D eigenvalue weighted by Crippen LogP contribution is 2.26. The van der Waals surface area contributed by atoms with Gasteiger partial charge in [0, 0.05) is 25.2 Å². The zero-order valence-electron chi connectivity index (χ0n) is 12.5. The molecule has 1 heterocycles. The zero-order valence-corrected chi connectivity index (χ0v) is 12.5. The Morgan fingerprint density at radius 2 is 1.89 bits per heavy atom. The number of likely N-dealkylation sites (tertiary alicyclic amines) is 1. The number of hydrogen-bond donors (Lipinski definition) is 1. The molecule has 2 atom stereocenters. The van der Waals surface area contributed by atoms with E-state index in [1.807, 2.05) is 0 Å². The summed E-state index contributed by atoms with van der Waals surface area (Å²) in [5.74, 6) is 0.959. The molecule has 2 rings (SSSR count). The molecular formula is C16H26N2O. The molecule has 1 N–H and O–H groups in total. The Morgan fingerprint density at radius 1 is 1.21 bits per heavy atom. The first-order chi connectivity index (χ1) is 9.10. The van der Waals surface area contributed by atoms with Crippen molar-refractivity contribution in [2.45, 2.75) is 45.4 Å². The summed E-state index contributed by atoms with van der Waals surface area (Å²) in [4.78, 5) is 2.54. The molecule has 0 bridgehead atoms. The van der Waals surface area contributed by atoms with Gasteiger partial charge in [0.1, 0.15) is 5.75 Å². The fourth-order valence-corrected chi connectivity index (χ4v) is 2.68. The van der Waals surface area contributed by atoms with Crippen molar-refractivity contribution in [3.05, 3.63) is 29.8 Å². The Bertz CT molecular complexity index is 388.